The zero-order valence-electron chi connectivity index (χ0n) is 10.4. The van der Waals surface area contributed by atoms with Crippen molar-refractivity contribution in [3.8, 4) is 5.69 Å². The van der Waals surface area contributed by atoms with Gasteiger partial charge in [-0.15, -0.1) is 4.68 Å². The van der Waals surface area contributed by atoms with Crippen molar-refractivity contribution in [1.82, 2.24) is 9.67 Å². The van der Waals surface area contributed by atoms with Gasteiger partial charge in [0.15, 0.2) is 0 Å². The van der Waals surface area contributed by atoms with Gasteiger partial charge in [0.05, 0.1) is 0 Å². The first kappa shape index (κ1) is 11.8. The number of hydrogen-bond acceptors (Lipinski definition) is 1. The Labute approximate surface area is 103 Å². The van der Waals surface area contributed by atoms with Gasteiger partial charge in [-0.3, -0.25) is 0 Å². The molecule has 0 bridgehead atoms. The minimum atomic E-state index is 1.01. The fraction of sp³-hybridized carbons (Fsp3) is 0.429. The Kier molecular flexibility index (Phi) is 4.30. The SMILES string of the molecule is CCCCCC[n+]1cn(-c2ccccc2)cn1. The first-order valence-electron chi connectivity index (χ1n) is 6.39. The summed E-state index contributed by atoms with van der Waals surface area (Å²) in [5.41, 5.74) is 1.16. The molecule has 0 spiro atoms. The van der Waals surface area contributed by atoms with E-state index in [0.717, 1.165) is 12.2 Å². The second-order valence-corrected chi connectivity index (χ2v) is 4.31. The Bertz CT molecular complexity index is 434. The summed E-state index contributed by atoms with van der Waals surface area (Å²) in [6, 6.07) is 10.3. The van der Waals surface area contributed by atoms with Crippen LogP contribution in [0.25, 0.3) is 5.69 Å². The van der Waals surface area contributed by atoms with E-state index >= 15 is 0 Å². The molecule has 1 aromatic carbocycles. The predicted octanol–water partition coefficient (Wildman–Crippen LogP) is 2.74. The van der Waals surface area contributed by atoms with Crippen LogP contribution in [0.5, 0.6) is 0 Å². The number of rotatable bonds is 6. The van der Waals surface area contributed by atoms with Crippen LogP contribution in [0.4, 0.5) is 0 Å². The highest BCUT2D eigenvalue weighted by Gasteiger charge is 2.06. The van der Waals surface area contributed by atoms with Crippen LogP contribution in [-0.4, -0.2) is 9.67 Å². The first-order chi connectivity index (χ1) is 8.40. The molecule has 0 aliphatic carbocycles. The number of nitrogens with zero attached hydrogens (tertiary/aromatic N) is 3. The van der Waals surface area contributed by atoms with Gasteiger partial charge in [0, 0.05) is 0 Å². The third-order valence-electron chi connectivity index (χ3n) is 2.88. The highest BCUT2D eigenvalue weighted by molar-refractivity contribution is 5.29. The Morgan fingerprint density at radius 2 is 1.94 bits per heavy atom. The summed E-state index contributed by atoms with van der Waals surface area (Å²) in [5.74, 6) is 0. The topological polar surface area (TPSA) is 21.7 Å². The van der Waals surface area contributed by atoms with E-state index in [1.165, 1.54) is 25.7 Å². The zero-order chi connectivity index (χ0) is 11.9. The molecule has 0 fully saturated rings. The highest BCUT2D eigenvalue weighted by Crippen LogP contribution is 2.04. The molecule has 0 N–H and O–H groups in total. The van der Waals surface area contributed by atoms with Crippen LogP contribution in [0.2, 0.25) is 0 Å². The van der Waals surface area contributed by atoms with Crippen molar-refractivity contribution in [2.45, 2.75) is 39.2 Å². The van der Waals surface area contributed by atoms with Crippen LogP contribution < -0.4 is 4.68 Å². The first-order valence-corrected chi connectivity index (χ1v) is 6.39. The second-order valence-electron chi connectivity index (χ2n) is 4.31. The summed E-state index contributed by atoms with van der Waals surface area (Å²) >= 11 is 0. The van der Waals surface area contributed by atoms with Crippen LogP contribution in [0, 0.1) is 0 Å². The molecule has 1 aromatic heterocycles. The maximum Gasteiger partial charge on any atom is 0.270 e. The lowest BCUT2D eigenvalue weighted by Crippen LogP contribution is -2.34. The molecule has 1 heterocycles. The van der Waals surface area contributed by atoms with E-state index in [-0.39, 0.29) is 0 Å². The molecule has 0 atom stereocenters. The van der Waals surface area contributed by atoms with Crippen molar-refractivity contribution in [1.29, 1.82) is 0 Å². The van der Waals surface area contributed by atoms with Crippen molar-refractivity contribution in [2.24, 2.45) is 0 Å². The number of hydrogen-bond donors (Lipinski definition) is 0. The van der Waals surface area contributed by atoms with E-state index in [4.69, 9.17) is 0 Å². The normalized spacial score (nSPS) is 10.6. The third kappa shape index (κ3) is 3.41. The lowest BCUT2D eigenvalue weighted by atomic mass is 10.2. The molecule has 3 nitrogen and oxygen atoms in total. The van der Waals surface area contributed by atoms with Crippen molar-refractivity contribution in [3.05, 3.63) is 43.0 Å². The summed E-state index contributed by atoms with van der Waals surface area (Å²) in [5, 5.41) is 4.37. The quantitative estimate of drug-likeness (QED) is 0.552. The molecule has 0 unspecified atom stereocenters. The average molecular weight is 230 g/mol. The standard InChI is InChI=1S/C14H20N3/c1-2-3-4-8-11-17-13-16(12-15-17)14-9-6-5-7-10-14/h5-7,9-10,12-13H,2-4,8,11H2,1H3/q+1. The molecule has 0 saturated heterocycles. The Morgan fingerprint density at radius 1 is 1.12 bits per heavy atom. The number of aryl methyl sites for hydroxylation is 1. The summed E-state index contributed by atoms with van der Waals surface area (Å²) in [6.07, 6.45) is 9.03. The van der Waals surface area contributed by atoms with E-state index in [1.807, 2.05) is 29.2 Å². The maximum atomic E-state index is 4.37. The van der Waals surface area contributed by atoms with E-state index in [9.17, 15) is 0 Å². The molecule has 0 amide bonds. The molecule has 2 aromatic rings. The summed E-state index contributed by atoms with van der Waals surface area (Å²) in [6.45, 7) is 3.25. The lowest BCUT2D eigenvalue weighted by Gasteiger charge is -1.94. The van der Waals surface area contributed by atoms with Gasteiger partial charge in [-0.1, -0.05) is 38.0 Å². The van der Waals surface area contributed by atoms with Gasteiger partial charge >= 0.3 is 0 Å². The van der Waals surface area contributed by atoms with E-state index in [1.54, 1.807) is 0 Å². The Balaban J connectivity index is 1.92. The second kappa shape index (κ2) is 6.18. The summed E-state index contributed by atoms with van der Waals surface area (Å²) in [4.78, 5) is 0. The van der Waals surface area contributed by atoms with Crippen LogP contribution in [0.15, 0.2) is 43.0 Å². The van der Waals surface area contributed by atoms with Gasteiger partial charge in [-0.05, 0) is 30.1 Å². The monoisotopic (exact) mass is 230 g/mol. The molecule has 0 aliphatic heterocycles. The van der Waals surface area contributed by atoms with E-state index < -0.39 is 0 Å². The molecule has 2 rings (SSSR count). The van der Waals surface area contributed by atoms with Crippen LogP contribution in [0.3, 0.4) is 0 Å². The summed E-state index contributed by atoms with van der Waals surface area (Å²) < 4.78 is 4.07. The van der Waals surface area contributed by atoms with Crippen molar-refractivity contribution in [3.63, 3.8) is 0 Å². The average Bonchev–Trinajstić information content (AvgIpc) is 2.85. The lowest BCUT2D eigenvalue weighted by molar-refractivity contribution is -0.752. The minimum Gasteiger partial charge on any atom is -0.184 e. The molecule has 17 heavy (non-hydrogen) atoms. The van der Waals surface area contributed by atoms with Gasteiger partial charge in [-0.2, -0.15) is 4.57 Å². The molecule has 3 heteroatoms. The predicted molar refractivity (Wildman–Crippen MR) is 67.9 cm³/mol. The fourth-order valence-electron chi connectivity index (χ4n) is 1.87. The number of unbranched alkanes of at least 4 members (excludes halogenated alkanes) is 3. The molecular formula is C14H20N3+. The fourth-order valence-corrected chi connectivity index (χ4v) is 1.87. The van der Waals surface area contributed by atoms with Gasteiger partial charge in [0.2, 0.25) is 6.33 Å². The Hall–Kier alpha value is -1.64. The van der Waals surface area contributed by atoms with Gasteiger partial charge in [-0.25, -0.2) is 0 Å². The number of para-hydroxylation sites is 1. The van der Waals surface area contributed by atoms with Crippen molar-refractivity contribution < 1.29 is 4.68 Å². The third-order valence-corrected chi connectivity index (χ3v) is 2.88. The van der Waals surface area contributed by atoms with Crippen molar-refractivity contribution >= 4 is 0 Å². The maximum absolute atomic E-state index is 4.37. The molecule has 0 saturated carbocycles. The molecule has 0 aliphatic rings. The zero-order valence-corrected chi connectivity index (χ0v) is 10.4. The molecule has 0 radical (unpaired) electrons. The summed E-state index contributed by atoms with van der Waals surface area (Å²) in [7, 11) is 0. The van der Waals surface area contributed by atoms with Crippen LogP contribution >= 0.6 is 0 Å². The molecule has 90 valence electrons. The highest BCUT2D eigenvalue weighted by atomic mass is 15.3. The number of benzene rings is 1. The largest absolute Gasteiger partial charge is 0.270 e. The molecular weight excluding hydrogens is 210 g/mol. The van der Waals surface area contributed by atoms with E-state index in [2.05, 4.69) is 35.0 Å². The number of aromatic nitrogens is 3. The Morgan fingerprint density at radius 3 is 2.71 bits per heavy atom. The minimum absolute atomic E-state index is 1.01. The smallest absolute Gasteiger partial charge is 0.184 e. The van der Waals surface area contributed by atoms with Crippen LogP contribution in [0.1, 0.15) is 32.6 Å². The van der Waals surface area contributed by atoms with E-state index in [0.29, 0.717) is 0 Å². The van der Waals surface area contributed by atoms with Crippen LogP contribution in [-0.2, 0) is 6.54 Å². The van der Waals surface area contributed by atoms with Gasteiger partial charge in [0.1, 0.15) is 12.2 Å². The van der Waals surface area contributed by atoms with Gasteiger partial charge < -0.3 is 0 Å². The van der Waals surface area contributed by atoms with Crippen molar-refractivity contribution in [2.75, 3.05) is 0 Å². The van der Waals surface area contributed by atoms with Gasteiger partial charge in [0.25, 0.3) is 6.33 Å².